The number of hydrogen-bond acceptors (Lipinski definition) is 4. The van der Waals surface area contributed by atoms with Crippen LogP contribution in [0.3, 0.4) is 0 Å². The first-order valence-corrected chi connectivity index (χ1v) is 11.8. The topological polar surface area (TPSA) is 36.9 Å². The highest BCUT2D eigenvalue weighted by molar-refractivity contribution is 5.46. The molecule has 1 unspecified atom stereocenters. The second-order valence-corrected chi connectivity index (χ2v) is 8.25. The molecule has 3 aromatic carbocycles. The van der Waals surface area contributed by atoms with Crippen molar-refractivity contribution in [1.82, 2.24) is 0 Å². The third-order valence-electron chi connectivity index (χ3n) is 5.78. The lowest BCUT2D eigenvalue weighted by atomic mass is 9.85. The van der Waals surface area contributed by atoms with Gasteiger partial charge in [0.05, 0.1) is 6.61 Å². The maximum absolute atomic E-state index is 6.04. The number of rotatable bonds is 11. The van der Waals surface area contributed by atoms with Gasteiger partial charge in [0, 0.05) is 12.3 Å². The van der Waals surface area contributed by atoms with Crippen LogP contribution >= 0.6 is 0 Å². The third kappa shape index (κ3) is 6.30. The van der Waals surface area contributed by atoms with Crippen LogP contribution in [-0.2, 0) is 4.74 Å². The maximum Gasteiger partial charge on any atom is 0.199 e. The molecule has 3 aromatic rings. The molecule has 4 rings (SSSR count). The van der Waals surface area contributed by atoms with E-state index in [1.165, 1.54) is 16.7 Å². The van der Waals surface area contributed by atoms with Crippen LogP contribution in [0.4, 0.5) is 0 Å². The molecule has 0 spiro atoms. The van der Waals surface area contributed by atoms with E-state index in [1.54, 1.807) is 12.2 Å². The summed E-state index contributed by atoms with van der Waals surface area (Å²) in [6, 6.07) is 24.8. The van der Waals surface area contributed by atoms with E-state index in [9.17, 15) is 0 Å². The van der Waals surface area contributed by atoms with Gasteiger partial charge in [-0.1, -0.05) is 61.7 Å². The summed E-state index contributed by atoms with van der Waals surface area (Å²) in [4.78, 5) is 0. The van der Waals surface area contributed by atoms with Crippen molar-refractivity contribution >= 4 is 0 Å². The Kier molecular flexibility index (Phi) is 8.42. The molecule has 0 amide bonds. The average molecular weight is 457 g/mol. The lowest BCUT2D eigenvalue weighted by Gasteiger charge is -2.24. The summed E-state index contributed by atoms with van der Waals surface area (Å²) in [6.07, 6.45) is 6.52. The van der Waals surface area contributed by atoms with E-state index in [0.717, 1.165) is 43.1 Å². The number of ether oxygens (including phenoxy) is 4. The monoisotopic (exact) mass is 456 g/mol. The molecule has 1 saturated heterocycles. The fourth-order valence-corrected chi connectivity index (χ4v) is 4.10. The fraction of sp³-hybridized carbons (Fsp3) is 0.267. The molecule has 0 aromatic heterocycles. The Hall–Kier alpha value is -3.50. The zero-order valence-electron chi connectivity index (χ0n) is 19.5. The van der Waals surface area contributed by atoms with E-state index in [2.05, 4.69) is 49.6 Å². The molecule has 34 heavy (non-hydrogen) atoms. The Labute approximate surface area is 202 Å². The fourth-order valence-electron chi connectivity index (χ4n) is 4.10. The summed E-state index contributed by atoms with van der Waals surface area (Å²) in [7, 11) is 0. The minimum absolute atomic E-state index is 0.0573. The Morgan fingerprint density at radius 3 is 1.59 bits per heavy atom. The van der Waals surface area contributed by atoms with Crippen molar-refractivity contribution < 1.29 is 18.9 Å². The molecule has 1 aliphatic heterocycles. The first-order valence-electron chi connectivity index (χ1n) is 11.8. The first-order chi connectivity index (χ1) is 16.8. The Balaban J connectivity index is 1.59. The van der Waals surface area contributed by atoms with Gasteiger partial charge in [-0.25, -0.2) is 0 Å². The highest BCUT2D eigenvalue weighted by Gasteiger charge is 2.19. The highest BCUT2D eigenvalue weighted by Crippen LogP contribution is 2.35. The first kappa shape index (κ1) is 23.7. The summed E-state index contributed by atoms with van der Waals surface area (Å²) in [5.41, 5.74) is 3.53. The summed E-state index contributed by atoms with van der Waals surface area (Å²) in [5, 5.41) is 0. The Morgan fingerprint density at radius 2 is 1.18 bits per heavy atom. The second kappa shape index (κ2) is 12.1. The van der Waals surface area contributed by atoms with Crippen LogP contribution in [0.5, 0.6) is 17.2 Å². The third-order valence-corrected chi connectivity index (χ3v) is 5.78. The van der Waals surface area contributed by atoms with Gasteiger partial charge in [0.25, 0.3) is 0 Å². The smallest absolute Gasteiger partial charge is 0.199 e. The van der Waals surface area contributed by atoms with Crippen LogP contribution < -0.4 is 14.2 Å². The van der Waals surface area contributed by atoms with E-state index in [0.29, 0.717) is 13.2 Å². The standard InChI is InChI=1S/C30H32O4/c1-3-20-31-26-14-8-23(9-15-26)30(24-10-16-27(17-11-24)32-21-4-2)25-12-18-28(19-13-25)34-29-7-5-6-22-33-29/h3-4,8-19,29-30H,1-2,5-7,20-22H2. The van der Waals surface area contributed by atoms with Crippen molar-refractivity contribution in [2.24, 2.45) is 0 Å². The van der Waals surface area contributed by atoms with Gasteiger partial charge in [0.1, 0.15) is 30.5 Å². The van der Waals surface area contributed by atoms with Gasteiger partial charge in [0.15, 0.2) is 6.29 Å². The quantitative estimate of drug-likeness (QED) is 0.232. The zero-order valence-corrected chi connectivity index (χ0v) is 19.5. The molecule has 0 saturated carbocycles. The molecule has 1 atom stereocenters. The van der Waals surface area contributed by atoms with Crippen molar-refractivity contribution in [3.63, 3.8) is 0 Å². The second-order valence-electron chi connectivity index (χ2n) is 8.25. The van der Waals surface area contributed by atoms with Crippen LogP contribution in [-0.4, -0.2) is 26.1 Å². The van der Waals surface area contributed by atoms with E-state index in [1.807, 2.05) is 36.4 Å². The van der Waals surface area contributed by atoms with Gasteiger partial charge < -0.3 is 18.9 Å². The molecule has 1 heterocycles. The zero-order chi connectivity index (χ0) is 23.6. The maximum atomic E-state index is 6.04. The van der Waals surface area contributed by atoms with Gasteiger partial charge >= 0.3 is 0 Å². The Bertz CT molecular complexity index is 977. The van der Waals surface area contributed by atoms with Gasteiger partial charge in [-0.3, -0.25) is 0 Å². The van der Waals surface area contributed by atoms with E-state index < -0.39 is 0 Å². The van der Waals surface area contributed by atoms with E-state index in [4.69, 9.17) is 18.9 Å². The summed E-state index contributed by atoms with van der Waals surface area (Å²) >= 11 is 0. The summed E-state index contributed by atoms with van der Waals surface area (Å²) in [6.45, 7) is 9.17. The van der Waals surface area contributed by atoms with Crippen LogP contribution in [0, 0.1) is 0 Å². The molecule has 1 aliphatic rings. The molecular weight excluding hydrogens is 424 g/mol. The molecule has 0 radical (unpaired) electrons. The minimum Gasteiger partial charge on any atom is -0.490 e. The molecule has 0 bridgehead atoms. The molecule has 4 heteroatoms. The lowest BCUT2D eigenvalue weighted by molar-refractivity contribution is -0.105. The summed E-state index contributed by atoms with van der Waals surface area (Å²) < 4.78 is 23.1. The average Bonchev–Trinajstić information content (AvgIpc) is 2.89. The van der Waals surface area contributed by atoms with Crippen molar-refractivity contribution in [1.29, 1.82) is 0 Å². The van der Waals surface area contributed by atoms with E-state index >= 15 is 0 Å². The van der Waals surface area contributed by atoms with Crippen LogP contribution in [0.25, 0.3) is 0 Å². The highest BCUT2D eigenvalue weighted by atomic mass is 16.7. The minimum atomic E-state index is -0.151. The van der Waals surface area contributed by atoms with Crippen LogP contribution in [0.2, 0.25) is 0 Å². The summed E-state index contributed by atoms with van der Waals surface area (Å²) in [5.74, 6) is 2.54. The lowest BCUT2D eigenvalue weighted by Crippen LogP contribution is -2.24. The van der Waals surface area contributed by atoms with Gasteiger partial charge in [0.2, 0.25) is 0 Å². The van der Waals surface area contributed by atoms with Crippen molar-refractivity contribution in [2.45, 2.75) is 31.5 Å². The molecule has 0 aliphatic carbocycles. The van der Waals surface area contributed by atoms with Crippen LogP contribution in [0.1, 0.15) is 41.9 Å². The molecule has 176 valence electrons. The SMILES string of the molecule is C=CCOc1ccc(C(c2ccc(OCC=C)cc2)c2ccc(OC3CCCCO3)cc2)cc1. The molecule has 1 fully saturated rings. The largest absolute Gasteiger partial charge is 0.490 e. The van der Waals surface area contributed by atoms with Crippen molar-refractivity contribution in [3.05, 3.63) is 115 Å². The molecule has 4 nitrogen and oxygen atoms in total. The van der Waals surface area contributed by atoms with Crippen molar-refractivity contribution in [3.8, 4) is 17.2 Å². The van der Waals surface area contributed by atoms with Gasteiger partial charge in [-0.2, -0.15) is 0 Å². The number of benzene rings is 3. The molecule has 0 N–H and O–H groups in total. The predicted octanol–water partition coefficient (Wildman–Crippen LogP) is 6.90. The van der Waals surface area contributed by atoms with E-state index in [-0.39, 0.29) is 12.2 Å². The van der Waals surface area contributed by atoms with Gasteiger partial charge in [-0.15, -0.1) is 0 Å². The normalized spacial score (nSPS) is 15.5. The van der Waals surface area contributed by atoms with Gasteiger partial charge in [-0.05, 0) is 65.9 Å². The number of hydrogen-bond donors (Lipinski definition) is 0. The Morgan fingerprint density at radius 1 is 0.706 bits per heavy atom. The predicted molar refractivity (Wildman–Crippen MR) is 136 cm³/mol. The van der Waals surface area contributed by atoms with Crippen LogP contribution in [0.15, 0.2) is 98.1 Å². The molecular formula is C30H32O4. The van der Waals surface area contributed by atoms with Crippen molar-refractivity contribution in [2.75, 3.05) is 19.8 Å².